The molecule has 6 aliphatic rings. The van der Waals surface area contributed by atoms with Crippen molar-refractivity contribution in [2.75, 3.05) is 0 Å². The summed E-state index contributed by atoms with van der Waals surface area (Å²) in [4.78, 5) is 0. The Morgan fingerprint density at radius 2 is 1.50 bits per heavy atom. The summed E-state index contributed by atoms with van der Waals surface area (Å²) in [5, 5.41) is 2.77. The van der Waals surface area contributed by atoms with Crippen molar-refractivity contribution in [1.29, 1.82) is 0 Å². The number of hydrogen-bond donors (Lipinski definition) is 0. The third-order valence-corrected chi connectivity index (χ3v) is 9.92. The summed E-state index contributed by atoms with van der Waals surface area (Å²) in [5.41, 5.74) is 7.29. The van der Waals surface area contributed by atoms with Crippen LogP contribution in [0.25, 0.3) is 23.3 Å². The molecule has 0 aliphatic heterocycles. The van der Waals surface area contributed by atoms with Gasteiger partial charge in [0.1, 0.15) is 0 Å². The molecule has 0 aromatic heterocycles. The Kier molecular flexibility index (Phi) is 6.39. The van der Waals surface area contributed by atoms with E-state index in [9.17, 15) is 0 Å². The molecule has 174 valence electrons. The Hall–Kier alpha value is -1.20. The maximum absolute atomic E-state index is 3.82. The van der Waals surface area contributed by atoms with E-state index in [2.05, 4.69) is 61.5 Å². The molecule has 2 aromatic rings. The van der Waals surface area contributed by atoms with Crippen LogP contribution in [0.2, 0.25) is 0 Å². The molecule has 5 fully saturated rings. The summed E-state index contributed by atoms with van der Waals surface area (Å²) in [6.07, 6.45) is 23.2. The van der Waals surface area contributed by atoms with Gasteiger partial charge in [0.25, 0.3) is 0 Å². The quantitative estimate of drug-likeness (QED) is 0.374. The van der Waals surface area contributed by atoms with E-state index in [1.807, 2.05) is 0 Å². The fourth-order valence-electron chi connectivity index (χ4n) is 8.73. The maximum atomic E-state index is 3.82. The molecule has 4 bridgehead atoms. The monoisotopic (exact) mass is 523 g/mol. The molecular formula is C33H37Zr-. The standard InChI is InChI=1S/C33H37.Zr/c1-21-11-12-29(32-20-25(19-31(21)32)13-22-7-3-2-4-8-22)28-9-5-6-10-30(28)33-26-15-23-14-24(17-26)18-27(33)16-23;/h5-6,9-13,20,22-24,26-27,33H,2-4,7-8,14-18H2,1H3;/q-1;. The Morgan fingerprint density at radius 3 is 2.24 bits per heavy atom. The summed E-state index contributed by atoms with van der Waals surface area (Å²) in [6.45, 7) is 2.26. The van der Waals surface area contributed by atoms with Crippen molar-refractivity contribution in [3.05, 3.63) is 69.6 Å². The van der Waals surface area contributed by atoms with Gasteiger partial charge < -0.3 is 0 Å². The first-order chi connectivity index (χ1) is 16.2. The van der Waals surface area contributed by atoms with Crippen molar-refractivity contribution >= 4 is 12.2 Å². The number of allylic oxidation sites excluding steroid dienone is 2. The predicted octanol–water partition coefficient (Wildman–Crippen LogP) is 7.16. The van der Waals surface area contributed by atoms with Crippen molar-refractivity contribution in [2.45, 2.75) is 77.0 Å². The molecule has 1 heteroatoms. The van der Waals surface area contributed by atoms with Crippen molar-refractivity contribution < 1.29 is 26.2 Å². The SMILES string of the molecule is Cc1ccc(-c2ccccc2C2C3CC4CC(C3)CC2C4)c2c1=[C-]C(=CC1CCCCC1)C=2.[Zr]. The first-order valence-electron chi connectivity index (χ1n) is 13.8. The largest absolute Gasteiger partial charge is 0.145 e. The molecule has 34 heavy (non-hydrogen) atoms. The van der Waals surface area contributed by atoms with E-state index in [1.54, 1.807) is 5.56 Å². The zero-order valence-corrected chi connectivity index (χ0v) is 23.1. The van der Waals surface area contributed by atoms with Crippen molar-refractivity contribution in [3.63, 3.8) is 0 Å². The van der Waals surface area contributed by atoms with Crippen LogP contribution in [0, 0.1) is 36.5 Å². The average molecular weight is 525 g/mol. The number of fused-ring (bicyclic) bond motifs is 1. The minimum atomic E-state index is 0. The Labute approximate surface area is 224 Å². The zero-order chi connectivity index (χ0) is 21.9. The summed E-state index contributed by atoms with van der Waals surface area (Å²) in [6, 6.07) is 14.2. The van der Waals surface area contributed by atoms with Crippen LogP contribution in [-0.2, 0) is 26.2 Å². The van der Waals surface area contributed by atoms with Crippen molar-refractivity contribution in [3.8, 4) is 11.1 Å². The molecule has 0 heterocycles. The van der Waals surface area contributed by atoms with E-state index in [0.29, 0.717) is 0 Å². The summed E-state index contributed by atoms with van der Waals surface area (Å²) >= 11 is 0. The molecule has 0 nitrogen and oxygen atoms in total. The van der Waals surface area contributed by atoms with Crippen LogP contribution < -0.4 is 10.4 Å². The molecule has 0 unspecified atom stereocenters. The van der Waals surface area contributed by atoms with Crippen LogP contribution in [0.4, 0.5) is 0 Å². The molecule has 5 saturated carbocycles. The maximum Gasteiger partial charge on any atom is 0 e. The van der Waals surface area contributed by atoms with Crippen LogP contribution >= 0.6 is 0 Å². The Morgan fingerprint density at radius 1 is 0.794 bits per heavy atom. The van der Waals surface area contributed by atoms with E-state index in [0.717, 1.165) is 35.5 Å². The van der Waals surface area contributed by atoms with Crippen LogP contribution in [0.5, 0.6) is 0 Å². The molecule has 8 rings (SSSR count). The average Bonchev–Trinajstić information content (AvgIpc) is 3.24. The molecule has 2 aromatic carbocycles. The minimum Gasteiger partial charge on any atom is -0.145 e. The van der Waals surface area contributed by atoms with Gasteiger partial charge in [0.15, 0.2) is 0 Å². The Balaban J connectivity index is 0.00000217. The zero-order valence-electron chi connectivity index (χ0n) is 20.7. The fourth-order valence-corrected chi connectivity index (χ4v) is 8.73. The van der Waals surface area contributed by atoms with Crippen LogP contribution in [0.1, 0.15) is 81.3 Å². The number of hydrogen-bond acceptors (Lipinski definition) is 0. The Bertz CT molecular complexity index is 1200. The molecule has 0 N–H and O–H groups in total. The normalized spacial score (nSPS) is 32.7. The minimum absolute atomic E-state index is 0. The van der Waals surface area contributed by atoms with E-state index in [1.165, 1.54) is 96.9 Å². The topological polar surface area (TPSA) is 0 Å². The number of benzene rings is 2. The summed E-state index contributed by atoms with van der Waals surface area (Å²) in [7, 11) is 0. The second kappa shape index (κ2) is 9.35. The molecule has 0 amide bonds. The second-order valence-electron chi connectivity index (χ2n) is 12.1. The molecule has 0 spiro atoms. The van der Waals surface area contributed by atoms with Crippen molar-refractivity contribution in [2.24, 2.45) is 29.6 Å². The van der Waals surface area contributed by atoms with Gasteiger partial charge in [-0.25, -0.2) is 0 Å². The summed E-state index contributed by atoms with van der Waals surface area (Å²) in [5.74, 6) is 5.43. The van der Waals surface area contributed by atoms with Gasteiger partial charge in [-0.05, 0) is 78.7 Å². The third kappa shape index (κ3) is 3.99. The van der Waals surface area contributed by atoms with E-state index < -0.39 is 0 Å². The van der Waals surface area contributed by atoms with Gasteiger partial charge in [-0.15, -0.1) is 39.8 Å². The first-order valence-corrected chi connectivity index (χ1v) is 13.8. The van der Waals surface area contributed by atoms with Gasteiger partial charge in [-0.3, -0.25) is 0 Å². The second-order valence-corrected chi connectivity index (χ2v) is 12.1. The molecule has 0 atom stereocenters. The van der Waals surface area contributed by atoms with Gasteiger partial charge in [0.05, 0.1) is 0 Å². The van der Waals surface area contributed by atoms with E-state index in [4.69, 9.17) is 0 Å². The fraction of sp³-hybridized carbons (Fsp3) is 0.515. The van der Waals surface area contributed by atoms with Gasteiger partial charge in [-0.1, -0.05) is 81.0 Å². The van der Waals surface area contributed by atoms with Gasteiger partial charge >= 0.3 is 0 Å². The van der Waals surface area contributed by atoms with E-state index >= 15 is 0 Å². The van der Waals surface area contributed by atoms with Crippen molar-refractivity contribution in [1.82, 2.24) is 0 Å². The molecule has 0 saturated heterocycles. The van der Waals surface area contributed by atoms with E-state index in [-0.39, 0.29) is 26.2 Å². The number of rotatable bonds is 3. The first kappa shape index (κ1) is 23.2. The molecule has 6 aliphatic carbocycles. The van der Waals surface area contributed by atoms with Crippen LogP contribution in [-0.4, -0.2) is 0 Å². The van der Waals surface area contributed by atoms with Crippen LogP contribution in [0.15, 0.2) is 48.0 Å². The van der Waals surface area contributed by atoms with Gasteiger partial charge in [-0.2, -0.15) is 0 Å². The van der Waals surface area contributed by atoms with Gasteiger partial charge in [0.2, 0.25) is 0 Å². The number of aryl methyl sites for hydroxylation is 1. The van der Waals surface area contributed by atoms with Gasteiger partial charge in [0, 0.05) is 26.2 Å². The third-order valence-electron chi connectivity index (χ3n) is 9.92. The molecular weight excluding hydrogens is 488 g/mol. The van der Waals surface area contributed by atoms with Crippen LogP contribution in [0.3, 0.4) is 0 Å². The predicted molar refractivity (Wildman–Crippen MR) is 138 cm³/mol. The summed E-state index contributed by atoms with van der Waals surface area (Å²) < 4.78 is 0. The smallest absolute Gasteiger partial charge is 0 e. The molecule has 0 radical (unpaired) electrons.